The Labute approximate surface area is 229 Å². The van der Waals surface area contributed by atoms with Crippen molar-refractivity contribution in [1.82, 2.24) is 20.2 Å². The standard InChI is InChI=1S/C26H28ClN5O5S/c1-14(33)32(30(4)21(28)16-12-8-9-13-17(16)27)19(15-10-6-5-7-11-15)22(34)29-18-23(35)31-20(25(36)37)26(2,3)38-24(18)31/h5-13,18-20,24,28H,1-4H3,(H,29,34)(H,36,37)/t18-,19?,20+,24-/m1/s1. The smallest absolute Gasteiger partial charge is 0.327 e. The molecule has 200 valence electrons. The Balaban J connectivity index is 1.66. The number of carbonyl (C=O) groups excluding carboxylic acids is 3. The van der Waals surface area contributed by atoms with Crippen LogP contribution < -0.4 is 5.32 Å². The molecule has 2 saturated heterocycles. The minimum atomic E-state index is -1.22. The van der Waals surface area contributed by atoms with Gasteiger partial charge < -0.3 is 15.3 Å². The number of nitrogens with zero attached hydrogens (tertiary/aromatic N) is 3. The molecule has 2 aromatic carbocycles. The number of carbonyl (C=O) groups is 4. The number of hydrogen-bond donors (Lipinski definition) is 3. The minimum absolute atomic E-state index is 0.108. The number of hydrogen-bond acceptors (Lipinski definition) is 6. The SMILES string of the molecule is CC(=O)N(C(C(=O)N[C@@H]1C(=O)N2[C@@H]1SC(C)(C)[C@@H]2C(=O)O)c1ccccc1)N(C)C(=N)c1ccccc1Cl. The lowest BCUT2D eigenvalue weighted by atomic mass is 9.95. The zero-order valence-electron chi connectivity index (χ0n) is 21.2. The summed E-state index contributed by atoms with van der Waals surface area (Å²) in [7, 11) is 1.49. The van der Waals surface area contributed by atoms with Gasteiger partial charge in [-0.1, -0.05) is 54.1 Å². The van der Waals surface area contributed by atoms with Crippen LogP contribution in [0.2, 0.25) is 5.02 Å². The fraction of sp³-hybridized carbons (Fsp3) is 0.346. The summed E-state index contributed by atoms with van der Waals surface area (Å²) in [4.78, 5) is 52.9. The topological polar surface area (TPSA) is 134 Å². The van der Waals surface area contributed by atoms with Gasteiger partial charge in [0.05, 0.1) is 5.02 Å². The largest absolute Gasteiger partial charge is 0.480 e. The summed E-state index contributed by atoms with van der Waals surface area (Å²) in [5.41, 5.74) is 0.828. The van der Waals surface area contributed by atoms with Crippen molar-refractivity contribution in [2.75, 3.05) is 7.05 Å². The van der Waals surface area contributed by atoms with Gasteiger partial charge in [-0.3, -0.25) is 24.8 Å². The molecule has 0 bridgehead atoms. The van der Waals surface area contributed by atoms with Crippen LogP contribution >= 0.6 is 23.4 Å². The van der Waals surface area contributed by atoms with Crippen molar-refractivity contribution in [1.29, 1.82) is 5.41 Å². The fourth-order valence-corrected chi connectivity index (χ4v) is 6.77. The number of rotatable bonds is 6. The van der Waals surface area contributed by atoms with E-state index in [4.69, 9.17) is 17.0 Å². The average molecular weight is 558 g/mol. The second-order valence-electron chi connectivity index (χ2n) is 9.61. The molecule has 0 spiro atoms. The number of halogens is 1. The summed E-state index contributed by atoms with van der Waals surface area (Å²) in [6, 6.07) is 12.1. The molecule has 0 aromatic heterocycles. The minimum Gasteiger partial charge on any atom is -0.480 e. The van der Waals surface area contributed by atoms with E-state index in [9.17, 15) is 24.3 Å². The van der Waals surface area contributed by atoms with Crippen LogP contribution in [-0.2, 0) is 19.2 Å². The first-order valence-electron chi connectivity index (χ1n) is 11.8. The Morgan fingerprint density at radius 2 is 1.74 bits per heavy atom. The number of carboxylic acids is 1. The van der Waals surface area contributed by atoms with Gasteiger partial charge >= 0.3 is 5.97 Å². The predicted molar refractivity (Wildman–Crippen MR) is 143 cm³/mol. The van der Waals surface area contributed by atoms with Crippen LogP contribution in [0.1, 0.15) is 37.9 Å². The quantitative estimate of drug-likeness (QED) is 0.215. The summed E-state index contributed by atoms with van der Waals surface area (Å²) in [5, 5.41) is 23.3. The highest BCUT2D eigenvalue weighted by Gasteiger charge is 2.64. The van der Waals surface area contributed by atoms with Crippen LogP contribution in [0.3, 0.4) is 0 Å². The van der Waals surface area contributed by atoms with Gasteiger partial charge in [-0.25, -0.2) is 9.80 Å². The second kappa shape index (κ2) is 10.3. The molecule has 2 fully saturated rings. The highest BCUT2D eigenvalue weighted by Crippen LogP contribution is 2.50. The van der Waals surface area contributed by atoms with Gasteiger partial charge in [-0.15, -0.1) is 11.8 Å². The van der Waals surface area contributed by atoms with E-state index in [1.165, 1.54) is 35.6 Å². The maximum absolute atomic E-state index is 13.8. The molecular formula is C26H28ClN5O5S. The van der Waals surface area contributed by atoms with Crippen molar-refractivity contribution in [2.45, 2.75) is 49.0 Å². The van der Waals surface area contributed by atoms with Crippen LogP contribution in [0.25, 0.3) is 0 Å². The molecule has 0 aliphatic carbocycles. The maximum Gasteiger partial charge on any atom is 0.327 e. The third kappa shape index (κ3) is 4.71. The van der Waals surface area contributed by atoms with Gasteiger partial charge in [0.15, 0.2) is 6.04 Å². The van der Waals surface area contributed by atoms with Gasteiger partial charge in [0, 0.05) is 24.3 Å². The summed E-state index contributed by atoms with van der Waals surface area (Å²) in [5.74, 6) is -2.86. The Hall–Kier alpha value is -3.57. The van der Waals surface area contributed by atoms with Gasteiger partial charge in [-0.2, -0.15) is 0 Å². The number of amides is 3. The molecule has 2 aliphatic heterocycles. The van der Waals surface area contributed by atoms with Crippen LogP contribution in [0.15, 0.2) is 54.6 Å². The lowest BCUT2D eigenvalue weighted by Gasteiger charge is -2.45. The first kappa shape index (κ1) is 27.5. The number of amidine groups is 1. The van der Waals surface area contributed by atoms with Crippen molar-refractivity contribution in [3.8, 4) is 0 Å². The van der Waals surface area contributed by atoms with Gasteiger partial charge in [0.25, 0.3) is 0 Å². The molecule has 2 heterocycles. The molecule has 2 aliphatic rings. The summed E-state index contributed by atoms with van der Waals surface area (Å²) in [6.07, 6.45) is 0. The van der Waals surface area contributed by atoms with E-state index in [0.717, 1.165) is 5.01 Å². The molecule has 3 N–H and O–H groups in total. The van der Waals surface area contributed by atoms with Crippen molar-refractivity contribution in [3.05, 3.63) is 70.7 Å². The molecule has 0 saturated carbocycles. The average Bonchev–Trinajstić information content (AvgIpc) is 3.13. The van der Waals surface area contributed by atoms with Crippen LogP contribution in [0.5, 0.6) is 0 Å². The molecule has 12 heteroatoms. The number of nitrogens with one attached hydrogen (secondary N) is 2. The van der Waals surface area contributed by atoms with Crippen molar-refractivity contribution in [2.24, 2.45) is 0 Å². The molecule has 10 nitrogen and oxygen atoms in total. The lowest BCUT2D eigenvalue weighted by Crippen LogP contribution is -2.71. The number of hydrazine groups is 1. The molecule has 38 heavy (non-hydrogen) atoms. The van der Waals surface area contributed by atoms with E-state index < -0.39 is 51.9 Å². The summed E-state index contributed by atoms with van der Waals surface area (Å²) < 4.78 is -0.750. The number of thioether (sulfide) groups is 1. The lowest BCUT2D eigenvalue weighted by molar-refractivity contribution is -0.162. The Morgan fingerprint density at radius 3 is 2.32 bits per heavy atom. The summed E-state index contributed by atoms with van der Waals surface area (Å²) in [6.45, 7) is 4.78. The highest BCUT2D eigenvalue weighted by molar-refractivity contribution is 8.01. The Morgan fingerprint density at radius 1 is 1.13 bits per heavy atom. The van der Waals surface area contributed by atoms with Crippen molar-refractivity contribution < 1.29 is 24.3 Å². The first-order valence-corrected chi connectivity index (χ1v) is 13.1. The van der Waals surface area contributed by atoms with E-state index in [1.807, 2.05) is 0 Å². The van der Waals surface area contributed by atoms with E-state index in [-0.39, 0.29) is 5.84 Å². The van der Waals surface area contributed by atoms with Crippen LogP contribution in [0, 0.1) is 5.41 Å². The monoisotopic (exact) mass is 557 g/mol. The van der Waals surface area contributed by atoms with Crippen molar-refractivity contribution in [3.63, 3.8) is 0 Å². The second-order valence-corrected chi connectivity index (χ2v) is 11.8. The molecule has 4 atom stereocenters. The Bertz CT molecular complexity index is 1310. The van der Waals surface area contributed by atoms with E-state index in [2.05, 4.69) is 5.32 Å². The fourth-order valence-electron chi connectivity index (χ4n) is 4.92. The molecule has 3 amide bonds. The molecular weight excluding hydrogens is 530 g/mol. The van der Waals surface area contributed by atoms with E-state index in [0.29, 0.717) is 16.1 Å². The molecule has 4 rings (SSSR count). The number of aliphatic carboxylic acids is 1. The van der Waals surface area contributed by atoms with E-state index in [1.54, 1.807) is 68.4 Å². The maximum atomic E-state index is 13.8. The molecule has 2 aromatic rings. The van der Waals surface area contributed by atoms with Gasteiger partial charge in [-0.05, 0) is 31.5 Å². The number of fused-ring (bicyclic) bond motifs is 1. The third-order valence-corrected chi connectivity index (χ3v) is 8.58. The van der Waals surface area contributed by atoms with E-state index >= 15 is 0 Å². The number of carboxylic acid groups (broad SMARTS) is 1. The summed E-state index contributed by atoms with van der Waals surface area (Å²) >= 11 is 7.60. The van der Waals surface area contributed by atoms with Gasteiger partial charge in [0.1, 0.15) is 23.3 Å². The predicted octanol–water partition coefficient (Wildman–Crippen LogP) is 2.73. The first-order chi connectivity index (χ1) is 17.9. The number of benzene rings is 2. The Kier molecular flexibility index (Phi) is 7.44. The van der Waals surface area contributed by atoms with Gasteiger partial charge in [0.2, 0.25) is 17.7 Å². The van der Waals surface area contributed by atoms with Crippen LogP contribution in [0.4, 0.5) is 0 Å². The number of β-lactam (4-membered cyclic amide) rings is 1. The normalized spacial score (nSPS) is 22.1. The van der Waals surface area contributed by atoms with Crippen molar-refractivity contribution >= 4 is 52.9 Å². The third-order valence-electron chi connectivity index (χ3n) is 6.68. The molecule has 1 unspecified atom stereocenters. The molecule has 0 radical (unpaired) electrons. The highest BCUT2D eigenvalue weighted by atomic mass is 35.5. The zero-order valence-corrected chi connectivity index (χ0v) is 22.8. The zero-order chi connectivity index (χ0) is 27.9. The van der Waals surface area contributed by atoms with Crippen LogP contribution in [-0.4, -0.2) is 78.8 Å².